The highest BCUT2D eigenvalue weighted by Crippen LogP contribution is 2.63. The molecule has 0 atom stereocenters. The van der Waals surface area contributed by atoms with Crippen LogP contribution in [0, 0.1) is 11.3 Å². The summed E-state index contributed by atoms with van der Waals surface area (Å²) in [6.07, 6.45) is 8.31. The fourth-order valence-electron chi connectivity index (χ4n) is 3.54. The first-order valence-electron chi connectivity index (χ1n) is 7.79. The van der Waals surface area contributed by atoms with Gasteiger partial charge < -0.3 is 0 Å². The highest BCUT2D eigenvalue weighted by Gasteiger charge is 2.53. The number of rotatable bonds is 6. The van der Waals surface area contributed by atoms with Gasteiger partial charge >= 0.3 is 0 Å². The van der Waals surface area contributed by atoms with Crippen LogP contribution in [0.5, 0.6) is 0 Å². The van der Waals surface area contributed by atoms with Crippen molar-refractivity contribution in [1.29, 1.82) is 0 Å². The van der Waals surface area contributed by atoms with Gasteiger partial charge in [-0.05, 0) is 62.5 Å². The van der Waals surface area contributed by atoms with Gasteiger partial charge in [0.1, 0.15) is 0 Å². The van der Waals surface area contributed by atoms with E-state index in [4.69, 9.17) is 0 Å². The highest BCUT2D eigenvalue weighted by atomic mass is 32.2. The summed E-state index contributed by atoms with van der Waals surface area (Å²) in [4.78, 5) is 4.07. The van der Waals surface area contributed by atoms with Crippen molar-refractivity contribution in [3.63, 3.8) is 0 Å². The molecule has 0 bridgehead atoms. The molecule has 4 nitrogen and oxygen atoms in total. The van der Waals surface area contributed by atoms with E-state index in [1.165, 1.54) is 12.8 Å². The fraction of sp³-hybridized carbons (Fsp3) is 0.688. The Labute approximate surface area is 127 Å². The number of nitrogens with zero attached hydrogens (tertiary/aromatic N) is 2. The van der Waals surface area contributed by atoms with Crippen LogP contribution in [0.3, 0.4) is 0 Å². The average Bonchev–Trinajstić information content (AvgIpc) is 3.16. The SMILES string of the molecule is CC(C)N(Cc1cccnc1)S(=O)(=O)CC1CC2(CC2)C1. The van der Waals surface area contributed by atoms with E-state index in [1.54, 1.807) is 16.7 Å². The lowest BCUT2D eigenvalue weighted by Gasteiger charge is -2.37. The minimum Gasteiger partial charge on any atom is -0.264 e. The number of sulfonamides is 1. The molecule has 2 fully saturated rings. The third kappa shape index (κ3) is 3.29. The molecule has 1 spiro atoms. The number of pyridine rings is 1. The average molecular weight is 308 g/mol. The largest absolute Gasteiger partial charge is 0.264 e. The molecule has 21 heavy (non-hydrogen) atoms. The summed E-state index contributed by atoms with van der Waals surface area (Å²) >= 11 is 0. The standard InChI is InChI=1S/C16H24N2O2S/c1-13(2)18(11-14-4-3-7-17-10-14)21(19,20)12-15-8-16(9-15)5-6-16/h3-4,7,10,13,15H,5-6,8-9,11-12H2,1-2H3. The maximum Gasteiger partial charge on any atom is 0.214 e. The molecule has 116 valence electrons. The van der Waals surface area contributed by atoms with Crippen molar-refractivity contribution in [2.75, 3.05) is 5.75 Å². The summed E-state index contributed by atoms with van der Waals surface area (Å²) in [6, 6.07) is 3.76. The number of hydrogen-bond acceptors (Lipinski definition) is 3. The van der Waals surface area contributed by atoms with Gasteiger partial charge in [-0.1, -0.05) is 6.07 Å². The zero-order valence-corrected chi connectivity index (χ0v) is 13.6. The molecule has 0 saturated heterocycles. The minimum absolute atomic E-state index is 0.0230. The van der Waals surface area contributed by atoms with Gasteiger partial charge in [0.15, 0.2) is 0 Å². The molecular weight excluding hydrogens is 284 g/mol. The molecule has 1 aromatic heterocycles. The van der Waals surface area contributed by atoms with Crippen LogP contribution in [0.15, 0.2) is 24.5 Å². The second-order valence-corrected chi connectivity index (χ2v) is 9.02. The predicted octanol–water partition coefficient (Wildman–Crippen LogP) is 2.81. The smallest absolute Gasteiger partial charge is 0.214 e. The monoisotopic (exact) mass is 308 g/mol. The third-order valence-corrected chi connectivity index (χ3v) is 7.00. The van der Waals surface area contributed by atoms with Gasteiger partial charge in [-0.25, -0.2) is 8.42 Å². The summed E-state index contributed by atoms with van der Waals surface area (Å²) in [5.41, 5.74) is 1.51. The van der Waals surface area contributed by atoms with Crippen molar-refractivity contribution >= 4 is 10.0 Å². The lowest BCUT2D eigenvalue weighted by Crippen LogP contribution is -2.42. The predicted molar refractivity (Wildman–Crippen MR) is 83.1 cm³/mol. The van der Waals surface area contributed by atoms with Gasteiger partial charge in [0.2, 0.25) is 10.0 Å². The summed E-state index contributed by atoms with van der Waals surface area (Å²) in [6.45, 7) is 4.31. The van der Waals surface area contributed by atoms with Gasteiger partial charge in [-0.15, -0.1) is 0 Å². The molecule has 0 unspecified atom stereocenters. The molecule has 0 amide bonds. The Hall–Kier alpha value is -0.940. The van der Waals surface area contributed by atoms with E-state index in [-0.39, 0.29) is 6.04 Å². The first-order chi connectivity index (χ1) is 9.90. The van der Waals surface area contributed by atoms with E-state index < -0.39 is 10.0 Å². The molecule has 0 radical (unpaired) electrons. The van der Waals surface area contributed by atoms with Crippen LogP contribution in [0.25, 0.3) is 0 Å². The van der Waals surface area contributed by atoms with E-state index in [1.807, 2.05) is 26.0 Å². The maximum atomic E-state index is 12.7. The van der Waals surface area contributed by atoms with Crippen LogP contribution >= 0.6 is 0 Å². The maximum absolute atomic E-state index is 12.7. The van der Waals surface area contributed by atoms with Crippen molar-refractivity contribution in [3.05, 3.63) is 30.1 Å². The Morgan fingerprint density at radius 2 is 2.10 bits per heavy atom. The Morgan fingerprint density at radius 3 is 2.62 bits per heavy atom. The van der Waals surface area contributed by atoms with Crippen molar-refractivity contribution < 1.29 is 8.42 Å². The zero-order valence-electron chi connectivity index (χ0n) is 12.8. The number of hydrogen-bond donors (Lipinski definition) is 0. The van der Waals surface area contributed by atoms with Crippen LogP contribution in [0.1, 0.15) is 45.1 Å². The second kappa shape index (κ2) is 5.36. The molecule has 0 N–H and O–H groups in total. The fourth-order valence-corrected chi connectivity index (χ4v) is 5.55. The molecule has 0 aromatic carbocycles. The van der Waals surface area contributed by atoms with Gasteiger partial charge in [-0.3, -0.25) is 4.98 Å². The first-order valence-corrected chi connectivity index (χ1v) is 9.40. The van der Waals surface area contributed by atoms with E-state index >= 15 is 0 Å². The molecular formula is C16H24N2O2S. The van der Waals surface area contributed by atoms with E-state index in [0.29, 0.717) is 23.6 Å². The van der Waals surface area contributed by atoms with Crippen LogP contribution < -0.4 is 0 Å². The highest BCUT2D eigenvalue weighted by molar-refractivity contribution is 7.89. The Morgan fingerprint density at radius 1 is 1.38 bits per heavy atom. The molecule has 3 rings (SSSR count). The minimum atomic E-state index is -3.20. The quantitative estimate of drug-likeness (QED) is 0.812. The Bertz CT molecular complexity index is 586. The summed E-state index contributed by atoms with van der Waals surface area (Å²) < 4.78 is 27.1. The molecule has 2 aliphatic rings. The summed E-state index contributed by atoms with van der Waals surface area (Å²) in [5.74, 6) is 0.681. The van der Waals surface area contributed by atoms with Crippen molar-refractivity contribution in [1.82, 2.24) is 9.29 Å². The molecule has 5 heteroatoms. The molecule has 2 saturated carbocycles. The van der Waals surface area contributed by atoms with Gasteiger partial charge in [0.25, 0.3) is 0 Å². The lowest BCUT2D eigenvalue weighted by atomic mass is 9.73. The topological polar surface area (TPSA) is 50.3 Å². The zero-order chi connectivity index (χ0) is 15.1. The van der Waals surface area contributed by atoms with E-state index in [9.17, 15) is 8.42 Å². The van der Waals surface area contributed by atoms with Gasteiger partial charge in [0.05, 0.1) is 5.75 Å². The number of aromatic nitrogens is 1. The molecule has 1 aromatic rings. The van der Waals surface area contributed by atoms with Gasteiger partial charge in [0, 0.05) is 25.0 Å². The van der Waals surface area contributed by atoms with Crippen LogP contribution in [-0.4, -0.2) is 29.5 Å². The van der Waals surface area contributed by atoms with Crippen molar-refractivity contribution in [2.24, 2.45) is 11.3 Å². The molecule has 0 aliphatic heterocycles. The first kappa shape index (κ1) is 15.0. The second-order valence-electron chi connectivity index (χ2n) is 7.05. The Balaban J connectivity index is 1.67. The van der Waals surface area contributed by atoms with E-state index in [0.717, 1.165) is 18.4 Å². The lowest BCUT2D eigenvalue weighted by molar-refractivity contribution is 0.186. The van der Waals surface area contributed by atoms with Crippen LogP contribution in [-0.2, 0) is 16.6 Å². The molecule has 2 aliphatic carbocycles. The summed E-state index contributed by atoms with van der Waals surface area (Å²) in [7, 11) is -3.20. The van der Waals surface area contributed by atoms with Gasteiger partial charge in [-0.2, -0.15) is 4.31 Å². The molecule has 1 heterocycles. The Kier molecular flexibility index (Phi) is 3.82. The van der Waals surface area contributed by atoms with Crippen molar-refractivity contribution in [3.8, 4) is 0 Å². The normalized spacial score (nSPS) is 21.0. The van der Waals surface area contributed by atoms with Crippen LogP contribution in [0.2, 0.25) is 0 Å². The van der Waals surface area contributed by atoms with Crippen molar-refractivity contribution in [2.45, 2.75) is 52.1 Å². The third-order valence-electron chi connectivity index (χ3n) is 4.84. The summed E-state index contributed by atoms with van der Waals surface area (Å²) in [5, 5.41) is 0. The van der Waals surface area contributed by atoms with Crippen LogP contribution in [0.4, 0.5) is 0 Å². The van der Waals surface area contributed by atoms with E-state index in [2.05, 4.69) is 4.98 Å².